The number of rotatable bonds is 10. The fraction of sp³-hybridized carbons (Fsp3) is 0.423. The zero-order valence-corrected chi connectivity index (χ0v) is 20.6. The van der Waals surface area contributed by atoms with E-state index in [1.54, 1.807) is 0 Å². The third-order valence-electron chi connectivity index (χ3n) is 6.12. The van der Waals surface area contributed by atoms with Gasteiger partial charge in [0.25, 0.3) is 5.91 Å². The summed E-state index contributed by atoms with van der Waals surface area (Å²) in [6.45, 7) is 6.53. The summed E-state index contributed by atoms with van der Waals surface area (Å²) in [5.41, 5.74) is 2.90. The Bertz CT molecular complexity index is 1140. The van der Waals surface area contributed by atoms with E-state index in [4.69, 9.17) is 9.72 Å². The molecule has 2 aromatic carbocycles. The molecule has 4 rings (SSSR count). The first-order valence-corrected chi connectivity index (χ1v) is 13.0. The number of para-hydroxylation sites is 3. The van der Waals surface area contributed by atoms with Crippen LogP contribution in [-0.2, 0) is 16.1 Å². The van der Waals surface area contributed by atoms with Gasteiger partial charge in [-0.05, 0) is 44.4 Å². The Hall–Kier alpha value is -3.00. The number of thioether (sulfide) groups is 1. The SMILES string of the molecule is CCC(NC(=O)CSc1nc2ccccc2n1CC)c1ccccc1OCC(=O)N1CCCC1. The summed E-state index contributed by atoms with van der Waals surface area (Å²) in [5.74, 6) is 0.868. The summed E-state index contributed by atoms with van der Waals surface area (Å²) in [4.78, 5) is 31.8. The Balaban J connectivity index is 1.38. The lowest BCUT2D eigenvalue weighted by atomic mass is 10.0. The van der Waals surface area contributed by atoms with Crippen LogP contribution in [0, 0.1) is 0 Å². The molecule has 8 heteroatoms. The normalized spacial score (nSPS) is 14.4. The maximum atomic E-state index is 12.9. The van der Waals surface area contributed by atoms with Gasteiger partial charge in [-0.2, -0.15) is 0 Å². The molecule has 180 valence electrons. The van der Waals surface area contributed by atoms with E-state index in [9.17, 15) is 9.59 Å². The Morgan fingerprint density at radius 3 is 2.59 bits per heavy atom. The highest BCUT2D eigenvalue weighted by atomic mass is 32.2. The van der Waals surface area contributed by atoms with Crippen LogP contribution in [0.5, 0.6) is 5.75 Å². The lowest BCUT2D eigenvalue weighted by Gasteiger charge is -2.21. The van der Waals surface area contributed by atoms with Crippen molar-refractivity contribution in [3.05, 3.63) is 54.1 Å². The van der Waals surface area contributed by atoms with Crippen molar-refractivity contribution in [2.75, 3.05) is 25.4 Å². The van der Waals surface area contributed by atoms with Crippen molar-refractivity contribution in [3.8, 4) is 5.75 Å². The minimum Gasteiger partial charge on any atom is -0.483 e. The van der Waals surface area contributed by atoms with Crippen molar-refractivity contribution < 1.29 is 14.3 Å². The van der Waals surface area contributed by atoms with Gasteiger partial charge in [0.15, 0.2) is 11.8 Å². The van der Waals surface area contributed by atoms with Crippen LogP contribution >= 0.6 is 11.8 Å². The molecule has 1 atom stereocenters. The number of hydrogen-bond donors (Lipinski definition) is 1. The summed E-state index contributed by atoms with van der Waals surface area (Å²) in [7, 11) is 0. The van der Waals surface area contributed by atoms with Gasteiger partial charge < -0.3 is 19.5 Å². The first kappa shape index (κ1) is 24.1. The molecule has 34 heavy (non-hydrogen) atoms. The second kappa shape index (κ2) is 11.4. The highest BCUT2D eigenvalue weighted by molar-refractivity contribution is 7.99. The predicted molar refractivity (Wildman–Crippen MR) is 135 cm³/mol. The summed E-state index contributed by atoms with van der Waals surface area (Å²) in [6.07, 6.45) is 2.82. The molecule has 1 aliphatic heterocycles. The van der Waals surface area contributed by atoms with Crippen LogP contribution in [0.4, 0.5) is 0 Å². The molecular weight excluding hydrogens is 448 g/mol. The van der Waals surface area contributed by atoms with Crippen LogP contribution in [0.1, 0.15) is 44.7 Å². The number of imidazole rings is 1. The van der Waals surface area contributed by atoms with Gasteiger partial charge in [-0.15, -0.1) is 0 Å². The van der Waals surface area contributed by atoms with Crippen molar-refractivity contribution in [1.29, 1.82) is 0 Å². The second-order valence-corrected chi connectivity index (χ2v) is 9.30. The van der Waals surface area contributed by atoms with Crippen LogP contribution in [-0.4, -0.2) is 51.7 Å². The Labute approximate surface area is 204 Å². The van der Waals surface area contributed by atoms with E-state index >= 15 is 0 Å². The van der Waals surface area contributed by atoms with Crippen LogP contribution in [0.3, 0.4) is 0 Å². The van der Waals surface area contributed by atoms with E-state index in [0.717, 1.165) is 54.2 Å². The highest BCUT2D eigenvalue weighted by Crippen LogP contribution is 2.28. The van der Waals surface area contributed by atoms with Gasteiger partial charge in [0.1, 0.15) is 5.75 Å². The molecule has 0 aliphatic carbocycles. The Morgan fingerprint density at radius 2 is 1.82 bits per heavy atom. The fourth-order valence-corrected chi connectivity index (χ4v) is 5.22. The van der Waals surface area contributed by atoms with Gasteiger partial charge in [-0.1, -0.05) is 49.0 Å². The lowest BCUT2D eigenvalue weighted by molar-refractivity contribution is -0.132. The van der Waals surface area contributed by atoms with E-state index in [1.165, 1.54) is 11.8 Å². The maximum absolute atomic E-state index is 12.9. The van der Waals surface area contributed by atoms with E-state index in [1.807, 2.05) is 54.3 Å². The minimum absolute atomic E-state index is 0.0135. The molecular formula is C26H32N4O3S. The number of aryl methyl sites for hydroxylation is 1. The van der Waals surface area contributed by atoms with Crippen LogP contribution in [0.2, 0.25) is 0 Å². The third kappa shape index (κ3) is 5.55. The number of carbonyl (C=O) groups excluding carboxylic acids is 2. The number of fused-ring (bicyclic) bond motifs is 1. The molecule has 0 radical (unpaired) electrons. The van der Waals surface area contributed by atoms with Gasteiger partial charge in [-0.3, -0.25) is 9.59 Å². The van der Waals surface area contributed by atoms with E-state index in [-0.39, 0.29) is 30.2 Å². The van der Waals surface area contributed by atoms with Gasteiger partial charge in [0.2, 0.25) is 5.91 Å². The molecule has 1 saturated heterocycles. The number of aromatic nitrogens is 2. The second-order valence-electron chi connectivity index (χ2n) is 8.36. The number of carbonyl (C=O) groups is 2. The molecule has 3 aromatic rings. The molecule has 1 aromatic heterocycles. The molecule has 0 bridgehead atoms. The van der Waals surface area contributed by atoms with Crippen molar-refractivity contribution >= 4 is 34.6 Å². The molecule has 0 saturated carbocycles. The monoisotopic (exact) mass is 480 g/mol. The first-order valence-electron chi connectivity index (χ1n) is 12.0. The Kier molecular flexibility index (Phi) is 8.11. The molecule has 0 spiro atoms. The third-order valence-corrected chi connectivity index (χ3v) is 7.09. The zero-order chi connectivity index (χ0) is 23.9. The first-order chi connectivity index (χ1) is 16.6. The number of amides is 2. The van der Waals surface area contributed by atoms with Crippen LogP contribution in [0.15, 0.2) is 53.7 Å². The van der Waals surface area contributed by atoms with Crippen molar-refractivity contribution in [2.24, 2.45) is 0 Å². The van der Waals surface area contributed by atoms with E-state index < -0.39 is 0 Å². The standard InChI is InChI=1S/C26H32N4O3S/c1-3-20(19-11-5-8-14-23(19)33-17-25(32)29-15-9-10-16-29)27-24(31)18-34-26-28-21-12-6-7-13-22(21)30(26)4-2/h5-8,11-14,20H,3-4,9-10,15-18H2,1-2H3,(H,27,31). The summed E-state index contributed by atoms with van der Waals surface area (Å²) in [6, 6.07) is 15.4. The topological polar surface area (TPSA) is 76.5 Å². The zero-order valence-electron chi connectivity index (χ0n) is 19.8. The lowest BCUT2D eigenvalue weighted by Crippen LogP contribution is -2.33. The molecule has 2 amide bonds. The number of likely N-dealkylation sites (tertiary alicyclic amines) is 1. The highest BCUT2D eigenvalue weighted by Gasteiger charge is 2.21. The minimum atomic E-state index is -0.198. The van der Waals surface area contributed by atoms with Gasteiger partial charge in [0.05, 0.1) is 22.8 Å². The summed E-state index contributed by atoms with van der Waals surface area (Å²) in [5, 5.41) is 3.98. The fourth-order valence-electron chi connectivity index (χ4n) is 4.33. The smallest absolute Gasteiger partial charge is 0.260 e. The van der Waals surface area contributed by atoms with Crippen LogP contribution in [0.25, 0.3) is 11.0 Å². The molecule has 1 N–H and O–H groups in total. The largest absolute Gasteiger partial charge is 0.483 e. The van der Waals surface area contributed by atoms with Gasteiger partial charge in [0, 0.05) is 25.2 Å². The summed E-state index contributed by atoms with van der Waals surface area (Å²) < 4.78 is 8.04. The van der Waals surface area contributed by atoms with Crippen molar-refractivity contribution in [3.63, 3.8) is 0 Å². The van der Waals surface area contributed by atoms with E-state index in [0.29, 0.717) is 12.2 Å². The average Bonchev–Trinajstić information content (AvgIpc) is 3.53. The number of nitrogens with zero attached hydrogens (tertiary/aromatic N) is 3. The van der Waals surface area contributed by atoms with Crippen molar-refractivity contribution in [2.45, 2.75) is 50.9 Å². The molecule has 1 unspecified atom stereocenters. The number of hydrogen-bond acceptors (Lipinski definition) is 5. The molecule has 1 aliphatic rings. The predicted octanol–water partition coefficient (Wildman–Crippen LogP) is 4.42. The van der Waals surface area contributed by atoms with Gasteiger partial charge in [-0.25, -0.2) is 4.98 Å². The van der Waals surface area contributed by atoms with Crippen molar-refractivity contribution in [1.82, 2.24) is 19.8 Å². The Morgan fingerprint density at radius 1 is 1.09 bits per heavy atom. The molecule has 2 heterocycles. The quantitative estimate of drug-likeness (QED) is 0.435. The molecule has 7 nitrogen and oxygen atoms in total. The number of nitrogens with one attached hydrogen (secondary N) is 1. The average molecular weight is 481 g/mol. The van der Waals surface area contributed by atoms with Gasteiger partial charge >= 0.3 is 0 Å². The number of benzene rings is 2. The van der Waals surface area contributed by atoms with Crippen LogP contribution < -0.4 is 10.1 Å². The molecule has 1 fully saturated rings. The summed E-state index contributed by atoms with van der Waals surface area (Å²) >= 11 is 1.44. The number of ether oxygens (including phenoxy) is 1. The van der Waals surface area contributed by atoms with E-state index in [2.05, 4.69) is 22.9 Å². The maximum Gasteiger partial charge on any atom is 0.260 e.